The number of ether oxygens (including phenoxy) is 1. The van der Waals surface area contributed by atoms with Crippen molar-refractivity contribution < 1.29 is 14.0 Å². The molecule has 1 saturated heterocycles. The van der Waals surface area contributed by atoms with E-state index >= 15 is 0 Å². The van der Waals surface area contributed by atoms with Crippen molar-refractivity contribution in [3.05, 3.63) is 72.3 Å². The lowest BCUT2D eigenvalue weighted by Gasteiger charge is -2.45. The monoisotopic (exact) mass is 421 g/mol. The van der Waals surface area contributed by atoms with E-state index in [2.05, 4.69) is 86.8 Å². The summed E-state index contributed by atoms with van der Waals surface area (Å²) in [6.45, 7) is 9.07. The van der Waals surface area contributed by atoms with E-state index < -0.39 is 8.32 Å². The Hall–Kier alpha value is -2.21. The molecule has 0 amide bonds. The van der Waals surface area contributed by atoms with Gasteiger partial charge < -0.3 is 14.5 Å². The molecule has 0 unspecified atom stereocenters. The summed E-state index contributed by atoms with van der Waals surface area (Å²) in [5, 5.41) is 5.92. The Morgan fingerprint density at radius 1 is 1.03 bits per heavy atom. The quantitative estimate of drug-likeness (QED) is 0.442. The van der Waals surface area contributed by atoms with E-state index in [9.17, 15) is 4.79 Å². The Morgan fingerprint density at radius 3 is 2.10 bits per heavy atom. The van der Waals surface area contributed by atoms with E-state index in [1.165, 1.54) is 10.4 Å². The molecule has 2 aliphatic rings. The van der Waals surface area contributed by atoms with Gasteiger partial charge in [0.1, 0.15) is 0 Å². The predicted octanol–water partition coefficient (Wildman–Crippen LogP) is 3.17. The molecule has 0 aromatic heterocycles. The van der Waals surface area contributed by atoms with Crippen LogP contribution in [0.1, 0.15) is 34.1 Å². The second-order valence-corrected chi connectivity index (χ2v) is 13.4. The molecule has 2 aromatic rings. The zero-order valence-electron chi connectivity index (χ0n) is 18.2. The van der Waals surface area contributed by atoms with Crippen LogP contribution in [0.5, 0.6) is 0 Å². The summed E-state index contributed by atoms with van der Waals surface area (Å²) in [5.74, 6) is -0.222. The molecule has 0 bridgehead atoms. The Morgan fingerprint density at radius 2 is 1.60 bits per heavy atom. The minimum absolute atomic E-state index is 0.0642. The third kappa shape index (κ3) is 3.77. The normalized spacial score (nSPS) is 23.3. The molecule has 4 rings (SSSR count). The first kappa shape index (κ1) is 21.0. The Labute approximate surface area is 180 Å². The first-order valence-electron chi connectivity index (χ1n) is 10.8. The summed E-state index contributed by atoms with van der Waals surface area (Å²) in [6, 6.07) is 21.7. The van der Waals surface area contributed by atoms with Crippen molar-refractivity contribution in [2.75, 3.05) is 6.61 Å². The van der Waals surface area contributed by atoms with Crippen LogP contribution in [-0.2, 0) is 14.0 Å². The average molecular weight is 422 g/mol. The van der Waals surface area contributed by atoms with Crippen LogP contribution < -0.4 is 15.7 Å². The molecule has 1 N–H and O–H groups in total. The molecule has 4 nitrogen and oxygen atoms in total. The fraction of sp³-hybridized carbons (Fsp3) is 0.400. The third-order valence-corrected chi connectivity index (χ3v) is 11.2. The first-order chi connectivity index (χ1) is 14.4. The van der Waals surface area contributed by atoms with Crippen LogP contribution in [0.2, 0.25) is 5.04 Å². The molecule has 0 saturated carbocycles. The lowest BCUT2D eigenvalue weighted by atomic mass is 9.97. The van der Waals surface area contributed by atoms with Gasteiger partial charge in [-0.25, -0.2) is 4.79 Å². The van der Waals surface area contributed by atoms with Gasteiger partial charge in [-0.15, -0.1) is 0 Å². The fourth-order valence-electron chi connectivity index (χ4n) is 4.69. The Kier molecular flexibility index (Phi) is 5.71. The van der Waals surface area contributed by atoms with Crippen molar-refractivity contribution in [1.82, 2.24) is 5.32 Å². The van der Waals surface area contributed by atoms with Crippen LogP contribution in [0, 0.1) is 0 Å². The van der Waals surface area contributed by atoms with Gasteiger partial charge in [0.25, 0.3) is 8.32 Å². The minimum Gasteiger partial charge on any atom is -0.463 e. The molecule has 1 heterocycles. The van der Waals surface area contributed by atoms with Gasteiger partial charge in [-0.3, -0.25) is 0 Å². The summed E-state index contributed by atoms with van der Waals surface area (Å²) in [6.07, 6.45) is 2.54. The van der Waals surface area contributed by atoms with Gasteiger partial charge in [0, 0.05) is 18.0 Å². The van der Waals surface area contributed by atoms with Crippen molar-refractivity contribution in [3.8, 4) is 0 Å². The van der Waals surface area contributed by atoms with E-state index in [0.717, 1.165) is 5.57 Å². The molecule has 1 fully saturated rings. The third-order valence-electron chi connectivity index (χ3n) is 6.15. The number of nitrogens with one attached hydrogen (secondary N) is 1. The number of carbonyl (C=O) groups excluding carboxylic acids is 1. The van der Waals surface area contributed by atoms with Gasteiger partial charge in [0.05, 0.1) is 18.8 Å². The van der Waals surface area contributed by atoms with Crippen molar-refractivity contribution in [2.24, 2.45) is 0 Å². The molecule has 1 aliphatic carbocycles. The number of hydrogen-bond acceptors (Lipinski definition) is 4. The SMILES string of the molecule is CCOC(=O)C1=C[C@@H]2N[C@@H]2[C@@H](O[Si](c2ccccc2)(c2ccccc2)C(C)(C)C)C1. The molecule has 158 valence electrons. The molecular formula is C25H31NO3Si. The second-order valence-electron chi connectivity index (χ2n) is 9.15. The van der Waals surface area contributed by atoms with Crippen molar-refractivity contribution >= 4 is 24.7 Å². The summed E-state index contributed by atoms with van der Waals surface area (Å²) < 4.78 is 12.5. The van der Waals surface area contributed by atoms with Gasteiger partial charge in [-0.05, 0) is 22.3 Å². The van der Waals surface area contributed by atoms with Gasteiger partial charge in [-0.2, -0.15) is 0 Å². The van der Waals surface area contributed by atoms with Crippen molar-refractivity contribution in [3.63, 3.8) is 0 Å². The summed E-state index contributed by atoms with van der Waals surface area (Å²) in [7, 11) is -2.65. The van der Waals surface area contributed by atoms with Crippen molar-refractivity contribution in [2.45, 2.75) is 57.3 Å². The van der Waals surface area contributed by atoms with E-state index in [4.69, 9.17) is 9.16 Å². The number of hydrogen-bond donors (Lipinski definition) is 1. The topological polar surface area (TPSA) is 57.5 Å². The highest BCUT2D eigenvalue weighted by atomic mass is 28.4. The largest absolute Gasteiger partial charge is 0.463 e. The Balaban J connectivity index is 1.77. The number of esters is 1. The van der Waals surface area contributed by atoms with E-state index in [-0.39, 0.29) is 29.2 Å². The van der Waals surface area contributed by atoms with Crippen LogP contribution in [0.15, 0.2) is 72.3 Å². The maximum absolute atomic E-state index is 12.4. The maximum atomic E-state index is 12.4. The molecule has 0 spiro atoms. The van der Waals surface area contributed by atoms with Crippen LogP contribution in [-0.4, -0.2) is 39.1 Å². The average Bonchev–Trinajstić information content (AvgIpc) is 3.52. The fourth-order valence-corrected chi connectivity index (χ4v) is 9.39. The second kappa shape index (κ2) is 8.14. The summed E-state index contributed by atoms with van der Waals surface area (Å²) in [4.78, 5) is 12.4. The number of benzene rings is 2. The van der Waals surface area contributed by atoms with E-state index in [1.54, 1.807) is 0 Å². The number of carbonyl (C=O) groups is 1. The van der Waals surface area contributed by atoms with Crippen LogP contribution in [0.3, 0.4) is 0 Å². The number of fused-ring (bicyclic) bond motifs is 1. The van der Waals surface area contributed by atoms with Gasteiger partial charge in [0.15, 0.2) is 0 Å². The maximum Gasteiger partial charge on any atom is 0.333 e. The predicted molar refractivity (Wildman–Crippen MR) is 123 cm³/mol. The van der Waals surface area contributed by atoms with Crippen LogP contribution in [0.25, 0.3) is 0 Å². The lowest BCUT2D eigenvalue weighted by Crippen LogP contribution is -2.68. The van der Waals surface area contributed by atoms with Crippen LogP contribution in [0.4, 0.5) is 0 Å². The molecule has 1 aliphatic heterocycles. The molecular weight excluding hydrogens is 390 g/mol. The highest BCUT2D eigenvalue weighted by Crippen LogP contribution is 2.41. The molecule has 3 atom stereocenters. The van der Waals surface area contributed by atoms with Gasteiger partial charge in [-0.1, -0.05) is 87.5 Å². The lowest BCUT2D eigenvalue weighted by molar-refractivity contribution is -0.139. The highest BCUT2D eigenvalue weighted by molar-refractivity contribution is 6.99. The van der Waals surface area contributed by atoms with Crippen LogP contribution >= 0.6 is 0 Å². The minimum atomic E-state index is -2.65. The zero-order chi connectivity index (χ0) is 21.4. The standard InChI is InChI=1S/C25H31NO3Si/c1-5-28-24(27)18-16-21-23(26-21)22(17-18)29-30(25(2,3)4,19-12-8-6-9-13-19)20-14-10-7-11-15-20/h6-16,21-23,26H,5,17H2,1-4H3/t21-,22-,23-/m0/s1. The Bertz CT molecular complexity index is 881. The molecule has 5 heteroatoms. The summed E-state index contributed by atoms with van der Waals surface area (Å²) >= 11 is 0. The van der Waals surface area contributed by atoms with Gasteiger partial charge >= 0.3 is 5.97 Å². The zero-order valence-corrected chi connectivity index (χ0v) is 19.2. The molecule has 0 radical (unpaired) electrons. The molecule has 30 heavy (non-hydrogen) atoms. The first-order valence-corrected chi connectivity index (χ1v) is 12.7. The smallest absolute Gasteiger partial charge is 0.333 e. The van der Waals surface area contributed by atoms with Gasteiger partial charge in [0.2, 0.25) is 0 Å². The van der Waals surface area contributed by atoms with E-state index in [0.29, 0.717) is 13.0 Å². The molecule has 2 aromatic carbocycles. The number of rotatable bonds is 6. The van der Waals surface area contributed by atoms with Crippen molar-refractivity contribution in [1.29, 1.82) is 0 Å². The van der Waals surface area contributed by atoms with E-state index in [1.807, 2.05) is 13.0 Å². The highest BCUT2D eigenvalue weighted by Gasteiger charge is 2.55. The summed E-state index contributed by atoms with van der Waals surface area (Å²) in [5.41, 5.74) is 0.728.